The molecule has 1 saturated heterocycles. The van der Waals surface area contributed by atoms with Gasteiger partial charge in [0.25, 0.3) is 0 Å². The number of piperidine rings is 1. The van der Waals surface area contributed by atoms with Crippen LogP contribution in [0.5, 0.6) is 0 Å². The number of rotatable bonds is 6. The molecular formula is C25H29NO3. The monoisotopic (exact) mass is 391 g/mol. The molecule has 1 aliphatic heterocycles. The molecule has 2 aromatic rings. The average molecular weight is 392 g/mol. The second-order valence-corrected chi connectivity index (χ2v) is 7.96. The maximum Gasteiger partial charge on any atom is 0.338 e. The first-order valence-electron chi connectivity index (χ1n) is 10.3. The molecule has 4 heteroatoms. The molecule has 4 nitrogen and oxygen atoms in total. The third-order valence-electron chi connectivity index (χ3n) is 5.08. The highest BCUT2D eigenvalue weighted by molar-refractivity contribution is 5.97. The van der Waals surface area contributed by atoms with Gasteiger partial charge in [-0.05, 0) is 48.6 Å². The van der Waals surface area contributed by atoms with Gasteiger partial charge in [-0.15, -0.1) is 0 Å². The minimum absolute atomic E-state index is 0.0938. The van der Waals surface area contributed by atoms with Crippen molar-refractivity contribution < 1.29 is 14.3 Å². The number of carbonyl (C=O) groups is 2. The van der Waals surface area contributed by atoms with Crippen molar-refractivity contribution in [2.75, 3.05) is 18.1 Å². The minimum atomic E-state index is -0.352. The van der Waals surface area contributed by atoms with E-state index < -0.39 is 0 Å². The molecular weight excluding hydrogens is 362 g/mol. The number of hydrogen-bond acceptors (Lipinski definition) is 3. The largest absolute Gasteiger partial charge is 0.462 e. The van der Waals surface area contributed by atoms with Gasteiger partial charge < -0.3 is 9.64 Å². The van der Waals surface area contributed by atoms with E-state index in [4.69, 9.17) is 4.74 Å². The fraction of sp³-hybridized carbons (Fsp3) is 0.360. The first-order valence-corrected chi connectivity index (χ1v) is 10.3. The van der Waals surface area contributed by atoms with Gasteiger partial charge in [-0.2, -0.15) is 0 Å². The molecule has 0 bridgehead atoms. The van der Waals surface area contributed by atoms with Gasteiger partial charge in [-0.1, -0.05) is 56.3 Å². The minimum Gasteiger partial charge on any atom is -0.462 e. The Balaban J connectivity index is 1.90. The number of amides is 1. The SMILES string of the molecule is C/C=C/c1cc(C(=O)OCC(C)C)cc(N2CC(c3ccccc3)CCC2=O)c1. The molecule has 0 aromatic heterocycles. The summed E-state index contributed by atoms with van der Waals surface area (Å²) in [4.78, 5) is 27.1. The van der Waals surface area contributed by atoms with E-state index in [0.717, 1.165) is 17.7 Å². The molecule has 0 spiro atoms. The Morgan fingerprint density at radius 1 is 1.21 bits per heavy atom. The lowest BCUT2D eigenvalue weighted by Crippen LogP contribution is -2.39. The zero-order valence-corrected chi connectivity index (χ0v) is 17.4. The van der Waals surface area contributed by atoms with Gasteiger partial charge in [-0.3, -0.25) is 4.79 Å². The van der Waals surface area contributed by atoms with Crippen LogP contribution in [-0.4, -0.2) is 25.0 Å². The first kappa shape index (κ1) is 20.8. The van der Waals surface area contributed by atoms with Crippen LogP contribution in [0.1, 0.15) is 61.0 Å². The Kier molecular flexibility index (Phi) is 6.86. The van der Waals surface area contributed by atoms with Crippen LogP contribution >= 0.6 is 0 Å². The van der Waals surface area contributed by atoms with Crippen LogP contribution in [-0.2, 0) is 9.53 Å². The van der Waals surface area contributed by atoms with Crippen LogP contribution < -0.4 is 4.90 Å². The van der Waals surface area contributed by atoms with Gasteiger partial charge in [0.2, 0.25) is 5.91 Å². The fourth-order valence-electron chi connectivity index (χ4n) is 3.62. The second kappa shape index (κ2) is 9.55. The Bertz CT molecular complexity index is 886. The summed E-state index contributed by atoms with van der Waals surface area (Å²) in [6.45, 7) is 6.93. The predicted molar refractivity (Wildman–Crippen MR) is 117 cm³/mol. The van der Waals surface area contributed by atoms with Crippen molar-refractivity contribution in [2.24, 2.45) is 5.92 Å². The maximum atomic E-state index is 12.7. The van der Waals surface area contributed by atoms with E-state index in [1.165, 1.54) is 5.56 Å². The first-order chi connectivity index (χ1) is 14.0. The second-order valence-electron chi connectivity index (χ2n) is 7.96. The fourth-order valence-corrected chi connectivity index (χ4v) is 3.62. The molecule has 0 N–H and O–H groups in total. The van der Waals surface area contributed by atoms with Crippen LogP contribution in [0.15, 0.2) is 54.6 Å². The van der Waals surface area contributed by atoms with E-state index in [2.05, 4.69) is 12.1 Å². The van der Waals surface area contributed by atoms with Crippen molar-refractivity contribution in [3.05, 3.63) is 71.3 Å². The number of carbonyl (C=O) groups excluding carboxylic acids is 2. The Morgan fingerprint density at radius 3 is 2.66 bits per heavy atom. The average Bonchev–Trinajstić information content (AvgIpc) is 2.73. The van der Waals surface area contributed by atoms with E-state index in [9.17, 15) is 9.59 Å². The van der Waals surface area contributed by atoms with Crippen LogP contribution in [0.4, 0.5) is 5.69 Å². The lowest BCUT2D eigenvalue weighted by molar-refractivity contribution is -0.119. The zero-order valence-electron chi connectivity index (χ0n) is 17.4. The summed E-state index contributed by atoms with van der Waals surface area (Å²) < 4.78 is 5.42. The summed E-state index contributed by atoms with van der Waals surface area (Å²) in [5.41, 5.74) is 3.36. The summed E-state index contributed by atoms with van der Waals surface area (Å²) >= 11 is 0. The topological polar surface area (TPSA) is 46.6 Å². The lowest BCUT2D eigenvalue weighted by atomic mass is 9.90. The van der Waals surface area contributed by atoms with Gasteiger partial charge in [0.05, 0.1) is 12.2 Å². The van der Waals surface area contributed by atoms with Crippen molar-refractivity contribution >= 4 is 23.6 Å². The normalized spacial score (nSPS) is 17.2. The molecule has 0 saturated carbocycles. The van der Waals surface area contributed by atoms with E-state index >= 15 is 0 Å². The summed E-state index contributed by atoms with van der Waals surface area (Å²) in [6.07, 6.45) is 5.21. The van der Waals surface area contributed by atoms with Gasteiger partial charge >= 0.3 is 5.97 Å². The zero-order chi connectivity index (χ0) is 20.8. The molecule has 1 aliphatic rings. The molecule has 152 valence electrons. The van der Waals surface area contributed by atoms with Crippen LogP contribution in [0.2, 0.25) is 0 Å². The Labute approximate surface area is 173 Å². The van der Waals surface area contributed by atoms with E-state index in [1.54, 1.807) is 6.07 Å². The highest BCUT2D eigenvalue weighted by Gasteiger charge is 2.28. The summed E-state index contributed by atoms with van der Waals surface area (Å²) in [6, 6.07) is 15.9. The van der Waals surface area contributed by atoms with Crippen molar-refractivity contribution in [1.29, 1.82) is 0 Å². The van der Waals surface area contributed by atoms with Gasteiger partial charge in [0.15, 0.2) is 0 Å². The molecule has 0 radical (unpaired) electrons. The predicted octanol–water partition coefficient (Wildman–Crippen LogP) is 5.44. The Morgan fingerprint density at radius 2 is 1.97 bits per heavy atom. The van der Waals surface area contributed by atoms with Crippen LogP contribution in [0.3, 0.4) is 0 Å². The lowest BCUT2D eigenvalue weighted by Gasteiger charge is -2.33. The van der Waals surface area contributed by atoms with Crippen LogP contribution in [0.25, 0.3) is 6.08 Å². The van der Waals surface area contributed by atoms with Crippen molar-refractivity contribution in [2.45, 2.75) is 39.5 Å². The summed E-state index contributed by atoms with van der Waals surface area (Å²) in [5, 5.41) is 0. The molecule has 1 heterocycles. The smallest absolute Gasteiger partial charge is 0.338 e. The van der Waals surface area contributed by atoms with E-state index in [1.807, 2.05) is 68.2 Å². The number of esters is 1. The molecule has 3 rings (SSSR count). The molecule has 1 unspecified atom stereocenters. The van der Waals surface area contributed by atoms with Gasteiger partial charge in [0, 0.05) is 24.6 Å². The van der Waals surface area contributed by atoms with E-state index in [0.29, 0.717) is 25.1 Å². The number of ether oxygens (including phenoxy) is 1. The van der Waals surface area contributed by atoms with Gasteiger partial charge in [-0.25, -0.2) is 4.79 Å². The van der Waals surface area contributed by atoms with Crippen LogP contribution in [0, 0.1) is 5.92 Å². The van der Waals surface area contributed by atoms with Crippen molar-refractivity contribution in [1.82, 2.24) is 0 Å². The number of allylic oxidation sites excluding steroid dienone is 1. The quantitative estimate of drug-likeness (QED) is 0.616. The highest BCUT2D eigenvalue weighted by Crippen LogP contribution is 2.32. The third kappa shape index (κ3) is 5.35. The molecule has 2 aromatic carbocycles. The Hall–Kier alpha value is -2.88. The van der Waals surface area contributed by atoms with Crippen molar-refractivity contribution in [3.8, 4) is 0 Å². The molecule has 1 amide bonds. The molecule has 29 heavy (non-hydrogen) atoms. The van der Waals surface area contributed by atoms with E-state index in [-0.39, 0.29) is 23.7 Å². The number of nitrogens with zero attached hydrogens (tertiary/aromatic N) is 1. The summed E-state index contributed by atoms with van der Waals surface area (Å²) in [7, 11) is 0. The highest BCUT2D eigenvalue weighted by atomic mass is 16.5. The number of hydrogen-bond donors (Lipinski definition) is 0. The standard InChI is InChI=1S/C25H29NO3/c1-4-8-19-13-22(25(28)29-17-18(2)3)15-23(14-19)26-16-21(11-12-24(26)27)20-9-6-5-7-10-20/h4-10,13-15,18,21H,11-12,16-17H2,1-3H3/b8-4+. The molecule has 0 aliphatic carbocycles. The third-order valence-corrected chi connectivity index (χ3v) is 5.08. The number of anilines is 1. The molecule has 1 fully saturated rings. The van der Waals surface area contributed by atoms with Gasteiger partial charge in [0.1, 0.15) is 0 Å². The number of benzene rings is 2. The maximum absolute atomic E-state index is 12.7. The summed E-state index contributed by atoms with van der Waals surface area (Å²) in [5.74, 6) is 0.301. The molecule has 1 atom stereocenters. The van der Waals surface area contributed by atoms with Crippen molar-refractivity contribution in [3.63, 3.8) is 0 Å².